The molecule has 0 fully saturated rings. The Morgan fingerprint density at radius 3 is 2.42 bits per heavy atom. The van der Waals surface area contributed by atoms with Crippen LogP contribution < -0.4 is 26.2 Å². The molecule has 1 aromatic heterocycles. The van der Waals surface area contributed by atoms with Crippen molar-refractivity contribution in [3.8, 4) is 5.75 Å². The van der Waals surface area contributed by atoms with Gasteiger partial charge in [-0.2, -0.15) is 4.98 Å². The molecule has 1 atom stereocenters. The SMILES string of the molecule is COc1ccc(Nc2nc3c(c(=O)[nH]2)C(C(=O)Nc2ccc([N+](=O)[O-])cc2)CC(=O)N3)cc1. The minimum Gasteiger partial charge on any atom is -0.497 e. The van der Waals surface area contributed by atoms with Gasteiger partial charge in [-0.1, -0.05) is 0 Å². The van der Waals surface area contributed by atoms with Gasteiger partial charge >= 0.3 is 0 Å². The number of carbonyl (C=O) groups is 2. The van der Waals surface area contributed by atoms with Gasteiger partial charge in [-0.05, 0) is 36.4 Å². The average molecular weight is 450 g/mol. The summed E-state index contributed by atoms with van der Waals surface area (Å²) in [6.45, 7) is 0. The molecule has 12 nitrogen and oxygen atoms in total. The second-order valence-corrected chi connectivity index (χ2v) is 7.13. The van der Waals surface area contributed by atoms with Crippen LogP contribution in [0.3, 0.4) is 0 Å². The van der Waals surface area contributed by atoms with Gasteiger partial charge in [0.15, 0.2) is 0 Å². The zero-order chi connectivity index (χ0) is 23.5. The highest BCUT2D eigenvalue weighted by Gasteiger charge is 2.34. The number of rotatable bonds is 6. The molecule has 1 unspecified atom stereocenters. The number of ether oxygens (including phenoxy) is 1. The Kier molecular flexibility index (Phi) is 5.72. The molecular formula is C21H18N6O6. The van der Waals surface area contributed by atoms with Gasteiger partial charge in [-0.25, -0.2) is 0 Å². The number of methoxy groups -OCH3 is 1. The Balaban J connectivity index is 1.58. The second kappa shape index (κ2) is 8.78. The van der Waals surface area contributed by atoms with Crippen LogP contribution in [0.2, 0.25) is 0 Å². The number of nitrogens with one attached hydrogen (secondary N) is 4. The molecule has 0 spiro atoms. The molecule has 0 saturated heterocycles. The molecule has 0 bridgehead atoms. The Morgan fingerprint density at radius 1 is 1.12 bits per heavy atom. The fourth-order valence-electron chi connectivity index (χ4n) is 3.36. The van der Waals surface area contributed by atoms with E-state index in [1.54, 1.807) is 31.4 Å². The lowest BCUT2D eigenvalue weighted by atomic mass is 9.92. The number of nitro benzene ring substituents is 1. The summed E-state index contributed by atoms with van der Waals surface area (Å²) in [5, 5.41) is 18.8. The van der Waals surface area contributed by atoms with Gasteiger partial charge in [0.2, 0.25) is 17.8 Å². The molecule has 4 N–H and O–H groups in total. The Hall–Kier alpha value is -4.74. The molecule has 1 aliphatic heterocycles. The molecule has 1 aliphatic rings. The normalized spacial score (nSPS) is 14.6. The number of non-ortho nitro benzene ring substituents is 1. The van der Waals surface area contributed by atoms with Crippen LogP contribution in [0.25, 0.3) is 0 Å². The van der Waals surface area contributed by atoms with E-state index < -0.39 is 28.2 Å². The molecule has 2 amide bonds. The third kappa shape index (κ3) is 4.63. The summed E-state index contributed by atoms with van der Waals surface area (Å²) in [6.07, 6.45) is -0.248. The summed E-state index contributed by atoms with van der Waals surface area (Å²) >= 11 is 0. The standard InChI is InChI=1S/C21H18N6O6/c1-33-14-8-4-12(5-9-14)23-21-25-18-17(20(30)26-21)15(10-16(28)24-18)19(29)22-11-2-6-13(7-3-11)27(31)32/h2-9,15H,10H2,1H3,(H,22,29)(H3,23,24,25,26,28,30). The number of fused-ring (bicyclic) bond motifs is 1. The lowest BCUT2D eigenvalue weighted by Gasteiger charge is -2.23. The van der Waals surface area contributed by atoms with Crippen molar-refractivity contribution < 1.29 is 19.2 Å². The fraction of sp³-hybridized carbons (Fsp3) is 0.143. The summed E-state index contributed by atoms with van der Waals surface area (Å²) < 4.78 is 5.10. The van der Waals surface area contributed by atoms with Gasteiger partial charge in [-0.3, -0.25) is 29.5 Å². The highest BCUT2D eigenvalue weighted by atomic mass is 16.6. The van der Waals surface area contributed by atoms with Crippen molar-refractivity contribution in [2.75, 3.05) is 23.1 Å². The van der Waals surface area contributed by atoms with Crippen LogP contribution in [0.4, 0.5) is 28.8 Å². The molecular weight excluding hydrogens is 432 g/mol. The van der Waals surface area contributed by atoms with Gasteiger partial charge in [0.1, 0.15) is 11.6 Å². The van der Waals surface area contributed by atoms with Crippen molar-refractivity contribution in [1.29, 1.82) is 0 Å². The minimum absolute atomic E-state index is 0.0186. The number of nitro groups is 1. The molecule has 0 saturated carbocycles. The van der Waals surface area contributed by atoms with Crippen LogP contribution in [-0.2, 0) is 9.59 Å². The average Bonchev–Trinajstić information content (AvgIpc) is 2.79. The molecule has 0 aliphatic carbocycles. The van der Waals surface area contributed by atoms with Gasteiger partial charge in [-0.15, -0.1) is 0 Å². The van der Waals surface area contributed by atoms with E-state index in [2.05, 4.69) is 25.9 Å². The zero-order valence-corrected chi connectivity index (χ0v) is 17.2. The van der Waals surface area contributed by atoms with E-state index in [0.29, 0.717) is 17.1 Å². The number of nitrogens with zero attached hydrogens (tertiary/aromatic N) is 2. The maximum atomic E-state index is 12.9. The minimum atomic E-state index is -1.09. The van der Waals surface area contributed by atoms with E-state index in [4.69, 9.17) is 4.74 Å². The Morgan fingerprint density at radius 2 is 1.79 bits per heavy atom. The molecule has 12 heteroatoms. The third-order valence-electron chi connectivity index (χ3n) is 4.97. The first kappa shape index (κ1) is 21.5. The summed E-state index contributed by atoms with van der Waals surface area (Å²) in [4.78, 5) is 54.9. The highest BCUT2D eigenvalue weighted by Crippen LogP contribution is 2.30. The van der Waals surface area contributed by atoms with E-state index in [9.17, 15) is 24.5 Å². The van der Waals surface area contributed by atoms with Crippen molar-refractivity contribution in [2.45, 2.75) is 12.3 Å². The molecule has 33 heavy (non-hydrogen) atoms. The van der Waals surface area contributed by atoms with Crippen LogP contribution in [-0.4, -0.2) is 33.8 Å². The first-order chi connectivity index (χ1) is 15.8. The number of aromatic nitrogens is 2. The molecule has 4 rings (SSSR count). The predicted octanol–water partition coefficient (Wildman–Crippen LogP) is 2.49. The number of hydrogen-bond acceptors (Lipinski definition) is 8. The molecule has 2 heterocycles. The van der Waals surface area contributed by atoms with Gasteiger partial charge in [0, 0.05) is 29.9 Å². The van der Waals surface area contributed by atoms with Gasteiger partial charge in [0.05, 0.1) is 23.5 Å². The van der Waals surface area contributed by atoms with Crippen molar-refractivity contribution in [2.24, 2.45) is 0 Å². The lowest BCUT2D eigenvalue weighted by Crippen LogP contribution is -2.36. The van der Waals surface area contributed by atoms with E-state index in [-0.39, 0.29) is 29.4 Å². The number of amides is 2. The highest BCUT2D eigenvalue weighted by molar-refractivity contribution is 6.04. The first-order valence-electron chi connectivity index (χ1n) is 9.74. The van der Waals surface area contributed by atoms with Crippen LogP contribution in [0.5, 0.6) is 5.75 Å². The fourth-order valence-corrected chi connectivity index (χ4v) is 3.36. The van der Waals surface area contributed by atoms with Crippen molar-refractivity contribution >= 4 is 40.6 Å². The van der Waals surface area contributed by atoms with Crippen LogP contribution >= 0.6 is 0 Å². The van der Waals surface area contributed by atoms with Gasteiger partial charge < -0.3 is 20.7 Å². The van der Waals surface area contributed by atoms with Crippen LogP contribution in [0, 0.1) is 10.1 Å². The van der Waals surface area contributed by atoms with E-state index in [1.165, 1.54) is 24.3 Å². The smallest absolute Gasteiger partial charge is 0.269 e. The first-order valence-corrected chi connectivity index (χ1v) is 9.74. The summed E-state index contributed by atoms with van der Waals surface area (Å²) in [6, 6.07) is 12.1. The van der Waals surface area contributed by atoms with Gasteiger partial charge in [0.25, 0.3) is 11.2 Å². The monoisotopic (exact) mass is 450 g/mol. The molecule has 0 radical (unpaired) electrons. The predicted molar refractivity (Wildman–Crippen MR) is 119 cm³/mol. The largest absolute Gasteiger partial charge is 0.497 e. The van der Waals surface area contributed by atoms with Crippen molar-refractivity contribution in [3.05, 3.63) is 74.6 Å². The number of benzene rings is 2. The summed E-state index contributed by atoms with van der Waals surface area (Å²) in [5.41, 5.74) is 0.218. The Labute approximate surface area is 186 Å². The maximum Gasteiger partial charge on any atom is 0.269 e. The second-order valence-electron chi connectivity index (χ2n) is 7.13. The molecule has 2 aromatic carbocycles. The van der Waals surface area contributed by atoms with E-state index in [0.717, 1.165) is 0 Å². The van der Waals surface area contributed by atoms with Crippen LogP contribution in [0.15, 0.2) is 53.3 Å². The number of carbonyl (C=O) groups excluding carboxylic acids is 2. The molecule has 3 aromatic rings. The van der Waals surface area contributed by atoms with Crippen LogP contribution in [0.1, 0.15) is 17.9 Å². The Bertz CT molecular complexity index is 1290. The van der Waals surface area contributed by atoms with Crippen molar-refractivity contribution in [3.63, 3.8) is 0 Å². The number of hydrogen-bond donors (Lipinski definition) is 4. The lowest BCUT2D eigenvalue weighted by molar-refractivity contribution is -0.384. The third-order valence-corrected chi connectivity index (χ3v) is 4.97. The number of aromatic amines is 1. The van der Waals surface area contributed by atoms with Crippen molar-refractivity contribution in [1.82, 2.24) is 9.97 Å². The number of anilines is 4. The topological polar surface area (TPSA) is 168 Å². The quantitative estimate of drug-likeness (QED) is 0.328. The molecule has 168 valence electrons. The summed E-state index contributed by atoms with van der Waals surface area (Å²) in [5.74, 6) is -1.45. The summed E-state index contributed by atoms with van der Waals surface area (Å²) in [7, 11) is 1.54. The zero-order valence-electron chi connectivity index (χ0n) is 17.2. The van der Waals surface area contributed by atoms with E-state index in [1.807, 2.05) is 0 Å². The maximum absolute atomic E-state index is 12.9. The van der Waals surface area contributed by atoms with E-state index >= 15 is 0 Å². The number of H-pyrrole nitrogens is 1.